The summed E-state index contributed by atoms with van der Waals surface area (Å²) in [6, 6.07) is 7.19. The highest BCUT2D eigenvalue weighted by molar-refractivity contribution is 5.88. The van der Waals surface area contributed by atoms with Gasteiger partial charge in [0.2, 0.25) is 0 Å². The Balaban J connectivity index is 1.70. The molecule has 3 rings (SSSR count). The van der Waals surface area contributed by atoms with E-state index in [2.05, 4.69) is 4.90 Å². The van der Waals surface area contributed by atoms with Crippen LogP contribution in [0.1, 0.15) is 23.2 Å². The van der Waals surface area contributed by atoms with Gasteiger partial charge in [0.25, 0.3) is 0 Å². The summed E-state index contributed by atoms with van der Waals surface area (Å²) >= 11 is 0. The molecule has 0 radical (unpaired) electrons. The van der Waals surface area contributed by atoms with Crippen LogP contribution in [0.3, 0.4) is 0 Å². The first-order valence-electron chi connectivity index (χ1n) is 6.35. The maximum Gasteiger partial charge on any atom is 0.335 e. The fourth-order valence-corrected chi connectivity index (χ4v) is 2.90. The molecular weight excluding hydrogens is 230 g/mol. The molecule has 1 N–H and O–H groups in total. The molecule has 2 fully saturated rings. The molecule has 0 unspecified atom stereocenters. The van der Waals surface area contributed by atoms with Gasteiger partial charge in [-0.25, -0.2) is 4.79 Å². The second-order valence-corrected chi connectivity index (χ2v) is 5.32. The second kappa shape index (κ2) is 4.28. The van der Waals surface area contributed by atoms with Crippen LogP contribution in [0.4, 0.5) is 5.69 Å². The van der Waals surface area contributed by atoms with E-state index in [4.69, 9.17) is 9.84 Å². The predicted molar refractivity (Wildman–Crippen MR) is 68.1 cm³/mol. The van der Waals surface area contributed by atoms with Gasteiger partial charge < -0.3 is 14.7 Å². The number of carboxylic acid groups (broad SMARTS) is 1. The summed E-state index contributed by atoms with van der Waals surface area (Å²) in [7, 11) is 0. The Morgan fingerprint density at radius 3 is 2.67 bits per heavy atom. The van der Waals surface area contributed by atoms with Crippen molar-refractivity contribution in [3.8, 4) is 0 Å². The van der Waals surface area contributed by atoms with Crippen LogP contribution >= 0.6 is 0 Å². The maximum absolute atomic E-state index is 10.9. The molecule has 1 aromatic rings. The molecule has 4 heteroatoms. The highest BCUT2D eigenvalue weighted by Gasteiger charge is 2.43. The van der Waals surface area contributed by atoms with Crippen molar-refractivity contribution in [2.75, 3.05) is 31.2 Å². The highest BCUT2D eigenvalue weighted by Crippen LogP contribution is 2.42. The maximum atomic E-state index is 10.9. The quantitative estimate of drug-likeness (QED) is 0.868. The number of aromatic carboxylic acids is 1. The second-order valence-electron chi connectivity index (χ2n) is 5.32. The van der Waals surface area contributed by atoms with Crippen LogP contribution in [0.2, 0.25) is 0 Å². The molecular formula is C14H17NO3. The van der Waals surface area contributed by atoms with Crippen molar-refractivity contribution in [1.29, 1.82) is 0 Å². The number of carbonyl (C=O) groups is 1. The number of carboxylic acids is 1. The monoisotopic (exact) mass is 247 g/mol. The number of nitrogens with zero attached hydrogens (tertiary/aromatic N) is 1. The molecule has 2 heterocycles. The first-order chi connectivity index (χ1) is 8.69. The standard InChI is InChI=1S/C14H17NO3/c16-13(17)11-2-1-3-12(8-11)15-9-14(10-15)4-6-18-7-5-14/h1-3,8H,4-7,9-10H2,(H,16,17). The molecule has 0 aliphatic carbocycles. The van der Waals surface area contributed by atoms with Crippen LogP contribution in [0.25, 0.3) is 0 Å². The molecule has 2 aliphatic rings. The lowest BCUT2D eigenvalue weighted by molar-refractivity contribution is -0.000191. The van der Waals surface area contributed by atoms with Crippen LogP contribution in [-0.4, -0.2) is 37.4 Å². The van der Waals surface area contributed by atoms with E-state index < -0.39 is 5.97 Å². The third kappa shape index (κ3) is 1.97. The van der Waals surface area contributed by atoms with Gasteiger partial charge in [-0.2, -0.15) is 0 Å². The number of ether oxygens (including phenoxy) is 1. The Kier molecular flexibility index (Phi) is 2.74. The average molecular weight is 247 g/mol. The summed E-state index contributed by atoms with van der Waals surface area (Å²) in [6.07, 6.45) is 2.25. The van der Waals surface area contributed by atoms with Crippen molar-refractivity contribution >= 4 is 11.7 Å². The third-order valence-electron chi connectivity index (χ3n) is 4.06. The molecule has 0 bridgehead atoms. The van der Waals surface area contributed by atoms with E-state index in [1.54, 1.807) is 12.1 Å². The van der Waals surface area contributed by atoms with Gasteiger partial charge >= 0.3 is 5.97 Å². The molecule has 1 aromatic carbocycles. The van der Waals surface area contributed by atoms with Crippen LogP contribution in [0.15, 0.2) is 24.3 Å². The topological polar surface area (TPSA) is 49.8 Å². The molecule has 1 spiro atoms. The number of benzene rings is 1. The molecule has 0 aromatic heterocycles. The Labute approximate surface area is 106 Å². The van der Waals surface area contributed by atoms with Gasteiger partial charge in [0, 0.05) is 37.4 Å². The number of hydrogen-bond acceptors (Lipinski definition) is 3. The van der Waals surface area contributed by atoms with Gasteiger partial charge in [-0.3, -0.25) is 0 Å². The summed E-state index contributed by atoms with van der Waals surface area (Å²) in [5.41, 5.74) is 1.80. The molecule has 0 saturated carbocycles. The predicted octanol–water partition coefficient (Wildman–Crippen LogP) is 2.00. The lowest BCUT2D eigenvalue weighted by Gasteiger charge is -2.53. The van der Waals surface area contributed by atoms with Gasteiger partial charge in [-0.05, 0) is 31.0 Å². The van der Waals surface area contributed by atoms with E-state index >= 15 is 0 Å². The largest absolute Gasteiger partial charge is 0.478 e. The van der Waals surface area contributed by atoms with E-state index in [0.29, 0.717) is 11.0 Å². The van der Waals surface area contributed by atoms with Crippen LogP contribution in [0, 0.1) is 5.41 Å². The van der Waals surface area contributed by atoms with E-state index in [9.17, 15) is 4.79 Å². The van der Waals surface area contributed by atoms with Crippen molar-refractivity contribution < 1.29 is 14.6 Å². The lowest BCUT2D eigenvalue weighted by Crippen LogP contribution is -2.58. The van der Waals surface area contributed by atoms with Gasteiger partial charge in [0.1, 0.15) is 0 Å². The SMILES string of the molecule is O=C(O)c1cccc(N2CC3(CCOCC3)C2)c1. The minimum absolute atomic E-state index is 0.362. The van der Waals surface area contributed by atoms with Gasteiger partial charge in [-0.1, -0.05) is 6.07 Å². The summed E-state index contributed by atoms with van der Waals surface area (Å²) in [5, 5.41) is 8.99. The zero-order chi connectivity index (χ0) is 12.6. The van der Waals surface area contributed by atoms with Crippen molar-refractivity contribution in [3.05, 3.63) is 29.8 Å². The van der Waals surface area contributed by atoms with E-state index in [-0.39, 0.29) is 0 Å². The van der Waals surface area contributed by atoms with Crippen LogP contribution in [-0.2, 0) is 4.74 Å². The number of rotatable bonds is 2. The van der Waals surface area contributed by atoms with Crippen LogP contribution < -0.4 is 4.90 Å². The average Bonchev–Trinajstić information content (AvgIpc) is 2.37. The van der Waals surface area contributed by atoms with E-state index in [1.807, 2.05) is 12.1 Å². The fraction of sp³-hybridized carbons (Fsp3) is 0.500. The number of anilines is 1. The van der Waals surface area contributed by atoms with E-state index in [0.717, 1.165) is 44.8 Å². The van der Waals surface area contributed by atoms with Crippen molar-refractivity contribution in [1.82, 2.24) is 0 Å². The zero-order valence-electron chi connectivity index (χ0n) is 10.3. The van der Waals surface area contributed by atoms with Gasteiger partial charge in [0.05, 0.1) is 5.56 Å². The Morgan fingerprint density at radius 1 is 1.28 bits per heavy atom. The molecule has 4 nitrogen and oxygen atoms in total. The Hall–Kier alpha value is -1.55. The Bertz CT molecular complexity index is 458. The first-order valence-corrected chi connectivity index (χ1v) is 6.35. The molecule has 0 atom stereocenters. The van der Waals surface area contributed by atoms with Crippen molar-refractivity contribution in [2.45, 2.75) is 12.8 Å². The lowest BCUT2D eigenvalue weighted by atomic mass is 9.73. The summed E-state index contributed by atoms with van der Waals surface area (Å²) < 4.78 is 5.40. The summed E-state index contributed by atoms with van der Waals surface area (Å²) in [5.74, 6) is -0.863. The van der Waals surface area contributed by atoms with E-state index in [1.165, 1.54) is 0 Å². The summed E-state index contributed by atoms with van der Waals surface area (Å²) in [4.78, 5) is 13.2. The highest BCUT2D eigenvalue weighted by atomic mass is 16.5. The van der Waals surface area contributed by atoms with Crippen molar-refractivity contribution in [3.63, 3.8) is 0 Å². The first kappa shape index (κ1) is 11.5. The normalized spacial score (nSPS) is 21.7. The smallest absolute Gasteiger partial charge is 0.335 e. The fourth-order valence-electron chi connectivity index (χ4n) is 2.90. The Morgan fingerprint density at radius 2 is 2.00 bits per heavy atom. The van der Waals surface area contributed by atoms with Crippen LogP contribution in [0.5, 0.6) is 0 Å². The van der Waals surface area contributed by atoms with Gasteiger partial charge in [-0.15, -0.1) is 0 Å². The summed E-state index contributed by atoms with van der Waals surface area (Å²) in [6.45, 7) is 3.78. The number of hydrogen-bond donors (Lipinski definition) is 1. The van der Waals surface area contributed by atoms with Crippen molar-refractivity contribution in [2.24, 2.45) is 5.41 Å². The zero-order valence-corrected chi connectivity index (χ0v) is 10.3. The van der Waals surface area contributed by atoms with Gasteiger partial charge in [0.15, 0.2) is 0 Å². The minimum atomic E-state index is -0.863. The third-order valence-corrected chi connectivity index (χ3v) is 4.06. The molecule has 2 saturated heterocycles. The molecule has 18 heavy (non-hydrogen) atoms. The molecule has 0 amide bonds. The molecule has 2 aliphatic heterocycles. The minimum Gasteiger partial charge on any atom is -0.478 e. The molecule has 96 valence electrons.